The summed E-state index contributed by atoms with van der Waals surface area (Å²) in [6.45, 7) is 1.61. The van der Waals surface area contributed by atoms with Gasteiger partial charge in [-0.1, -0.05) is 58.4 Å². The van der Waals surface area contributed by atoms with Crippen LogP contribution < -0.4 is 10.3 Å². The number of benzene rings is 3. The Balaban J connectivity index is 1.50. The van der Waals surface area contributed by atoms with Crippen molar-refractivity contribution in [2.24, 2.45) is 0 Å². The van der Waals surface area contributed by atoms with E-state index in [4.69, 9.17) is 9.47 Å². The van der Waals surface area contributed by atoms with Crippen molar-refractivity contribution in [3.63, 3.8) is 0 Å². The summed E-state index contributed by atoms with van der Waals surface area (Å²) >= 11 is 3.41. The lowest BCUT2D eigenvalue weighted by atomic mass is 10.1. The number of methoxy groups -OCH3 is 1. The molecule has 2 aromatic heterocycles. The Kier molecular flexibility index (Phi) is 7.06. The predicted octanol–water partition coefficient (Wildman–Crippen LogP) is 5.67. The zero-order valence-corrected chi connectivity index (χ0v) is 21.4. The summed E-state index contributed by atoms with van der Waals surface area (Å²) in [7, 11) is 1.63. The largest absolute Gasteiger partial charge is 0.803 e. The summed E-state index contributed by atoms with van der Waals surface area (Å²) < 4.78 is 14.4. The standard InChI is InChI=1S/C28H25BrN3O4/c1-35-22-12-9-19(10-13-22)17-31-25(8-5-15-36-18-20-6-3-2-4-7-20)30-26-27(31)23-14-11-21(29)16-24(23)32(34)28(26)33/h2-4,6-7,9-14,16H,5,8,15,17-18H2,1H3/q-1. The van der Waals surface area contributed by atoms with Gasteiger partial charge in [-0.3, -0.25) is 4.79 Å². The molecule has 2 heterocycles. The van der Waals surface area contributed by atoms with Crippen LogP contribution in [-0.4, -0.2) is 28.0 Å². The van der Waals surface area contributed by atoms with E-state index in [-0.39, 0.29) is 5.52 Å². The fourth-order valence-corrected chi connectivity index (χ4v) is 4.72. The summed E-state index contributed by atoms with van der Waals surface area (Å²) in [6, 6.07) is 23.2. The highest BCUT2D eigenvalue weighted by Gasteiger charge is 2.18. The SMILES string of the molecule is COc1ccc(Cn2c(CCCOCc3ccccc3)nc3c(=O)n([O-])c4cc(Br)ccc4c32)cc1. The van der Waals surface area contributed by atoms with Gasteiger partial charge in [-0.15, -0.1) is 0 Å². The second-order valence-electron chi connectivity index (χ2n) is 8.56. The molecule has 0 aliphatic carbocycles. The average Bonchev–Trinajstić information content (AvgIpc) is 3.26. The smallest absolute Gasteiger partial charge is 0.274 e. The number of fused-ring (bicyclic) bond motifs is 3. The number of aryl methyl sites for hydroxylation is 1. The quantitative estimate of drug-likeness (QED) is 0.222. The molecule has 0 aliphatic heterocycles. The number of ether oxygens (including phenoxy) is 2. The molecule has 184 valence electrons. The van der Waals surface area contributed by atoms with Crippen molar-refractivity contribution in [3.05, 3.63) is 110 Å². The Bertz CT molecular complexity index is 1560. The Morgan fingerprint density at radius 2 is 1.78 bits per heavy atom. The number of nitrogens with zero attached hydrogens (tertiary/aromatic N) is 3. The van der Waals surface area contributed by atoms with Crippen LogP contribution in [0.25, 0.3) is 21.9 Å². The number of pyridine rings is 1. The highest BCUT2D eigenvalue weighted by atomic mass is 79.9. The molecule has 0 spiro atoms. The minimum atomic E-state index is -0.648. The molecule has 7 nitrogen and oxygen atoms in total. The molecule has 36 heavy (non-hydrogen) atoms. The van der Waals surface area contributed by atoms with Crippen molar-refractivity contribution < 1.29 is 9.47 Å². The Morgan fingerprint density at radius 3 is 2.53 bits per heavy atom. The van der Waals surface area contributed by atoms with Gasteiger partial charge in [-0.2, -0.15) is 0 Å². The number of halogens is 1. The molecule has 0 saturated heterocycles. The molecule has 3 aromatic carbocycles. The van der Waals surface area contributed by atoms with Crippen molar-refractivity contribution in [2.45, 2.75) is 26.0 Å². The Hall–Kier alpha value is -3.62. The molecule has 0 amide bonds. The lowest BCUT2D eigenvalue weighted by Gasteiger charge is -2.16. The molecule has 0 N–H and O–H groups in total. The van der Waals surface area contributed by atoms with Crippen LogP contribution >= 0.6 is 15.9 Å². The zero-order valence-electron chi connectivity index (χ0n) is 19.8. The van der Waals surface area contributed by atoms with Crippen molar-refractivity contribution >= 4 is 37.9 Å². The van der Waals surface area contributed by atoms with Crippen LogP contribution in [-0.2, 0) is 24.3 Å². The van der Waals surface area contributed by atoms with Gasteiger partial charge in [0.25, 0.3) is 5.56 Å². The van der Waals surface area contributed by atoms with Crippen molar-refractivity contribution in [3.8, 4) is 5.75 Å². The third kappa shape index (κ3) is 4.87. The van der Waals surface area contributed by atoms with E-state index < -0.39 is 5.56 Å². The number of rotatable bonds is 9. The van der Waals surface area contributed by atoms with Gasteiger partial charge in [0, 0.05) is 34.9 Å². The Morgan fingerprint density at radius 1 is 1.00 bits per heavy atom. The van der Waals surface area contributed by atoms with Crippen LogP contribution in [0, 0.1) is 5.21 Å². The summed E-state index contributed by atoms with van der Waals surface area (Å²) in [6.07, 6.45) is 1.34. The van der Waals surface area contributed by atoms with Gasteiger partial charge >= 0.3 is 0 Å². The fourth-order valence-electron chi connectivity index (χ4n) is 4.37. The summed E-state index contributed by atoms with van der Waals surface area (Å²) in [5.74, 6) is 1.52. The molecule has 0 bridgehead atoms. The van der Waals surface area contributed by atoms with Gasteiger partial charge in [0.2, 0.25) is 0 Å². The normalized spacial score (nSPS) is 11.4. The summed E-state index contributed by atoms with van der Waals surface area (Å²) in [4.78, 5) is 17.7. The predicted molar refractivity (Wildman–Crippen MR) is 144 cm³/mol. The van der Waals surface area contributed by atoms with Gasteiger partial charge in [0.15, 0.2) is 5.52 Å². The number of hydrogen-bond acceptors (Lipinski definition) is 5. The molecule has 8 heteroatoms. The Labute approximate surface area is 216 Å². The molecule has 5 rings (SSSR count). The minimum Gasteiger partial charge on any atom is -0.803 e. The monoisotopic (exact) mass is 546 g/mol. The molecule has 0 radical (unpaired) electrons. The maximum Gasteiger partial charge on any atom is 0.274 e. The number of hydrogen-bond donors (Lipinski definition) is 0. The second kappa shape index (κ2) is 10.6. The van der Waals surface area contributed by atoms with Crippen LogP contribution in [0.3, 0.4) is 0 Å². The molecule has 0 aliphatic rings. The molecule has 0 saturated carbocycles. The van der Waals surface area contributed by atoms with Crippen LogP contribution in [0.2, 0.25) is 0 Å². The van der Waals surface area contributed by atoms with E-state index in [9.17, 15) is 10.0 Å². The van der Waals surface area contributed by atoms with E-state index in [1.165, 1.54) is 0 Å². The first-order valence-corrected chi connectivity index (χ1v) is 12.5. The topological polar surface area (TPSA) is 81.3 Å². The minimum absolute atomic E-state index is 0.188. The van der Waals surface area contributed by atoms with Crippen molar-refractivity contribution in [1.29, 1.82) is 0 Å². The first kappa shape index (κ1) is 24.1. The summed E-state index contributed by atoms with van der Waals surface area (Å²) in [5, 5.41) is 13.5. The van der Waals surface area contributed by atoms with Crippen molar-refractivity contribution in [1.82, 2.24) is 14.3 Å². The highest BCUT2D eigenvalue weighted by molar-refractivity contribution is 9.10. The van der Waals surface area contributed by atoms with E-state index in [0.29, 0.717) is 47.3 Å². The van der Waals surface area contributed by atoms with Crippen LogP contribution in [0.15, 0.2) is 82.1 Å². The molecule has 0 fully saturated rings. The first-order chi connectivity index (χ1) is 17.5. The number of imidazole rings is 1. The summed E-state index contributed by atoms with van der Waals surface area (Å²) in [5.41, 5.74) is 2.69. The first-order valence-electron chi connectivity index (χ1n) is 11.7. The van der Waals surface area contributed by atoms with Gasteiger partial charge in [0.05, 0.1) is 19.2 Å². The van der Waals surface area contributed by atoms with E-state index in [2.05, 4.69) is 20.9 Å². The lowest BCUT2D eigenvalue weighted by Crippen LogP contribution is -2.17. The highest BCUT2D eigenvalue weighted by Crippen LogP contribution is 2.28. The second-order valence-corrected chi connectivity index (χ2v) is 9.48. The third-order valence-corrected chi connectivity index (χ3v) is 6.66. The third-order valence-electron chi connectivity index (χ3n) is 6.17. The van der Waals surface area contributed by atoms with Crippen LogP contribution in [0.5, 0.6) is 5.75 Å². The molecule has 0 unspecified atom stereocenters. The van der Waals surface area contributed by atoms with Crippen LogP contribution in [0.1, 0.15) is 23.4 Å². The van der Waals surface area contributed by atoms with E-state index in [0.717, 1.165) is 33.6 Å². The number of aromatic nitrogens is 3. The van der Waals surface area contributed by atoms with E-state index in [1.54, 1.807) is 13.2 Å². The molecule has 5 aromatic rings. The molecule has 0 atom stereocenters. The van der Waals surface area contributed by atoms with Gasteiger partial charge in [-0.05, 0) is 47.9 Å². The molecular weight excluding hydrogens is 522 g/mol. The van der Waals surface area contributed by atoms with E-state index >= 15 is 0 Å². The van der Waals surface area contributed by atoms with Gasteiger partial charge < -0.3 is 24.0 Å². The maximum atomic E-state index is 13.0. The fraction of sp³-hybridized carbons (Fsp3) is 0.214. The maximum absolute atomic E-state index is 13.0. The van der Waals surface area contributed by atoms with Gasteiger partial charge in [-0.25, -0.2) is 4.98 Å². The van der Waals surface area contributed by atoms with Gasteiger partial charge in [0.1, 0.15) is 11.6 Å². The van der Waals surface area contributed by atoms with Crippen molar-refractivity contribution in [2.75, 3.05) is 13.7 Å². The molecular formula is C28H25BrN3O4-. The average molecular weight is 547 g/mol. The van der Waals surface area contributed by atoms with Crippen LogP contribution in [0.4, 0.5) is 0 Å². The lowest BCUT2D eigenvalue weighted by molar-refractivity contribution is 0.118. The zero-order chi connectivity index (χ0) is 25.1. The van der Waals surface area contributed by atoms with E-state index in [1.807, 2.05) is 71.3 Å².